The summed E-state index contributed by atoms with van der Waals surface area (Å²) < 4.78 is 22.5. The molecule has 0 spiro atoms. The number of hydrogen-bond acceptors (Lipinski definition) is 5. The van der Waals surface area contributed by atoms with E-state index in [2.05, 4.69) is 0 Å². The van der Waals surface area contributed by atoms with Gasteiger partial charge in [-0.1, -0.05) is 6.92 Å². The van der Waals surface area contributed by atoms with Crippen LogP contribution in [0.5, 0.6) is 5.88 Å². The monoisotopic (exact) mass is 220 g/mol. The molecule has 0 unspecified atom stereocenters. The molecule has 0 aliphatic rings. The largest absolute Gasteiger partial charge is 0.493 e. The number of rotatable bonds is 2. The zero-order valence-corrected chi connectivity index (χ0v) is 8.01. The third-order valence-corrected chi connectivity index (χ3v) is 3.33. The Morgan fingerprint density at radius 2 is 1.86 bits per heavy atom. The molecule has 3 N–H and O–H groups in total. The van der Waals surface area contributed by atoms with Crippen molar-refractivity contribution >= 4 is 9.84 Å². The first-order chi connectivity index (χ1) is 6.38. The fourth-order valence-electron chi connectivity index (χ4n) is 0.896. The fraction of sp³-hybridized carbons (Fsp3) is 0.333. The first-order valence-electron chi connectivity index (χ1n) is 3.67. The smallest absolute Gasteiger partial charge is 0.328 e. The lowest BCUT2D eigenvalue weighted by Gasteiger charge is -2.00. The first kappa shape index (κ1) is 10.5. The Labute approximate surface area is 78.3 Å². The predicted molar refractivity (Wildman–Crippen MR) is 47.1 cm³/mol. The molecule has 14 heavy (non-hydrogen) atoms. The van der Waals surface area contributed by atoms with Crippen LogP contribution in [-0.4, -0.2) is 29.2 Å². The van der Waals surface area contributed by atoms with Crippen LogP contribution in [0.4, 0.5) is 0 Å². The average Bonchev–Trinajstić information content (AvgIpc) is 2.01. The molecule has 1 rings (SSSR count). The molecule has 0 atom stereocenters. The lowest BCUT2D eigenvalue weighted by Crippen LogP contribution is -2.27. The molecule has 0 saturated heterocycles. The van der Waals surface area contributed by atoms with Crippen LogP contribution in [0.2, 0.25) is 0 Å². The van der Waals surface area contributed by atoms with Crippen LogP contribution >= 0.6 is 0 Å². The number of aromatic nitrogens is 2. The lowest BCUT2D eigenvalue weighted by molar-refractivity contribution is 0.429. The van der Waals surface area contributed by atoms with Gasteiger partial charge in [-0.3, -0.25) is 14.8 Å². The van der Waals surface area contributed by atoms with E-state index >= 15 is 0 Å². The summed E-state index contributed by atoms with van der Waals surface area (Å²) in [5.74, 6) is -1.27. The van der Waals surface area contributed by atoms with Crippen LogP contribution in [0.15, 0.2) is 14.5 Å². The lowest BCUT2D eigenvalue weighted by atomic mass is 10.6. The van der Waals surface area contributed by atoms with Crippen LogP contribution in [0.25, 0.3) is 0 Å². The van der Waals surface area contributed by atoms with E-state index in [0.29, 0.717) is 0 Å². The number of nitrogens with one attached hydrogen (secondary N) is 2. The van der Waals surface area contributed by atoms with Crippen LogP contribution in [-0.2, 0) is 9.84 Å². The Bertz CT molecular complexity index is 552. The Morgan fingerprint density at radius 3 is 2.29 bits per heavy atom. The summed E-state index contributed by atoms with van der Waals surface area (Å²) >= 11 is 0. The zero-order chi connectivity index (χ0) is 10.9. The van der Waals surface area contributed by atoms with Crippen molar-refractivity contribution < 1.29 is 13.5 Å². The highest BCUT2D eigenvalue weighted by Gasteiger charge is 2.22. The highest BCUT2D eigenvalue weighted by Crippen LogP contribution is 2.13. The van der Waals surface area contributed by atoms with Gasteiger partial charge in [0.05, 0.1) is 5.75 Å². The SMILES string of the molecule is CCS(=O)(=O)c1c(O)[nH]c(=O)[nH]c1=O. The van der Waals surface area contributed by atoms with Crippen molar-refractivity contribution in [3.05, 3.63) is 20.8 Å². The number of aromatic hydroxyl groups is 1. The van der Waals surface area contributed by atoms with Crippen LogP contribution < -0.4 is 11.2 Å². The van der Waals surface area contributed by atoms with Gasteiger partial charge in [0.25, 0.3) is 5.56 Å². The second-order valence-electron chi connectivity index (χ2n) is 2.49. The van der Waals surface area contributed by atoms with Gasteiger partial charge in [-0.15, -0.1) is 0 Å². The van der Waals surface area contributed by atoms with Crippen molar-refractivity contribution in [2.75, 3.05) is 5.75 Å². The van der Waals surface area contributed by atoms with E-state index in [1.807, 2.05) is 0 Å². The minimum Gasteiger partial charge on any atom is -0.493 e. The van der Waals surface area contributed by atoms with Gasteiger partial charge in [0.15, 0.2) is 14.7 Å². The van der Waals surface area contributed by atoms with Gasteiger partial charge >= 0.3 is 5.69 Å². The van der Waals surface area contributed by atoms with E-state index < -0.39 is 31.9 Å². The van der Waals surface area contributed by atoms with Crippen LogP contribution in [0.3, 0.4) is 0 Å². The maximum absolute atomic E-state index is 11.3. The second-order valence-corrected chi connectivity index (χ2v) is 4.70. The van der Waals surface area contributed by atoms with Gasteiger partial charge in [-0.2, -0.15) is 0 Å². The van der Waals surface area contributed by atoms with Gasteiger partial charge in [0.1, 0.15) is 0 Å². The molecule has 0 radical (unpaired) electrons. The van der Waals surface area contributed by atoms with E-state index in [1.165, 1.54) is 6.92 Å². The molecular weight excluding hydrogens is 212 g/mol. The Morgan fingerprint density at radius 1 is 1.29 bits per heavy atom. The number of aromatic amines is 2. The van der Waals surface area contributed by atoms with Crippen molar-refractivity contribution in [2.24, 2.45) is 0 Å². The molecule has 7 nitrogen and oxygen atoms in total. The first-order valence-corrected chi connectivity index (χ1v) is 5.32. The summed E-state index contributed by atoms with van der Waals surface area (Å²) in [4.78, 5) is 24.4. The molecule has 0 saturated carbocycles. The maximum Gasteiger partial charge on any atom is 0.328 e. The Balaban J connectivity index is 3.68. The summed E-state index contributed by atoms with van der Waals surface area (Å²) in [6.07, 6.45) is 0. The van der Waals surface area contributed by atoms with Gasteiger partial charge < -0.3 is 5.11 Å². The molecular formula is C6H8N2O5S. The van der Waals surface area contributed by atoms with Crippen LogP contribution in [0, 0.1) is 0 Å². The number of hydrogen-bond donors (Lipinski definition) is 3. The fourth-order valence-corrected chi connectivity index (χ4v) is 1.86. The Hall–Kier alpha value is -1.57. The van der Waals surface area contributed by atoms with Crippen molar-refractivity contribution in [1.29, 1.82) is 0 Å². The summed E-state index contributed by atoms with van der Waals surface area (Å²) in [5.41, 5.74) is -2.07. The highest BCUT2D eigenvalue weighted by atomic mass is 32.2. The maximum atomic E-state index is 11.3. The molecule has 1 heterocycles. The standard InChI is InChI=1S/C6H8N2O5S/c1-2-14(12,13)3-4(9)7-6(11)8-5(3)10/h2H2,1H3,(H3,7,8,9,10,11). The quantitative estimate of drug-likeness (QED) is 0.564. The summed E-state index contributed by atoms with van der Waals surface area (Å²) in [5, 5.41) is 9.08. The highest BCUT2D eigenvalue weighted by molar-refractivity contribution is 7.91. The zero-order valence-electron chi connectivity index (χ0n) is 7.20. The topological polar surface area (TPSA) is 120 Å². The van der Waals surface area contributed by atoms with Crippen molar-refractivity contribution in [2.45, 2.75) is 11.8 Å². The molecule has 1 aromatic heterocycles. The normalized spacial score (nSPS) is 11.5. The Kier molecular flexibility index (Phi) is 2.47. The van der Waals surface area contributed by atoms with Crippen molar-refractivity contribution in [3.63, 3.8) is 0 Å². The van der Waals surface area contributed by atoms with E-state index in [0.717, 1.165) is 0 Å². The van der Waals surface area contributed by atoms with Gasteiger partial charge in [-0.25, -0.2) is 13.2 Å². The van der Waals surface area contributed by atoms with Gasteiger partial charge in [-0.05, 0) is 0 Å². The van der Waals surface area contributed by atoms with Gasteiger partial charge in [0.2, 0.25) is 5.88 Å². The third kappa shape index (κ3) is 1.69. The molecule has 0 amide bonds. The van der Waals surface area contributed by atoms with E-state index in [1.54, 1.807) is 9.97 Å². The van der Waals surface area contributed by atoms with Crippen molar-refractivity contribution in [1.82, 2.24) is 9.97 Å². The third-order valence-electron chi connectivity index (χ3n) is 1.57. The molecule has 78 valence electrons. The average molecular weight is 220 g/mol. The summed E-state index contributed by atoms with van der Waals surface area (Å²) in [6.45, 7) is 1.32. The number of H-pyrrole nitrogens is 2. The molecule has 0 aliphatic heterocycles. The van der Waals surface area contributed by atoms with E-state index in [9.17, 15) is 18.0 Å². The van der Waals surface area contributed by atoms with E-state index in [4.69, 9.17) is 5.11 Å². The minimum absolute atomic E-state index is 0.338. The summed E-state index contributed by atoms with van der Waals surface area (Å²) in [7, 11) is -3.84. The second kappa shape index (κ2) is 3.29. The van der Waals surface area contributed by atoms with Crippen molar-refractivity contribution in [3.8, 4) is 5.88 Å². The van der Waals surface area contributed by atoms with E-state index in [-0.39, 0.29) is 5.75 Å². The number of sulfone groups is 1. The molecule has 0 aromatic carbocycles. The predicted octanol–water partition coefficient (Wildman–Crippen LogP) is -1.44. The molecule has 0 fully saturated rings. The minimum atomic E-state index is -3.84. The molecule has 8 heteroatoms. The summed E-state index contributed by atoms with van der Waals surface area (Å²) in [6, 6.07) is 0. The van der Waals surface area contributed by atoms with Crippen LogP contribution in [0.1, 0.15) is 6.92 Å². The molecule has 0 bridgehead atoms. The van der Waals surface area contributed by atoms with Gasteiger partial charge in [0, 0.05) is 0 Å². The molecule has 0 aliphatic carbocycles. The molecule has 1 aromatic rings.